The van der Waals surface area contributed by atoms with Crippen molar-refractivity contribution in [2.24, 2.45) is 11.5 Å². The van der Waals surface area contributed by atoms with E-state index in [1.165, 1.54) is 0 Å². The van der Waals surface area contributed by atoms with Gasteiger partial charge < -0.3 is 21.1 Å². The Hall–Kier alpha value is -2.86. The predicted octanol–water partition coefficient (Wildman–Crippen LogP) is 1.93. The van der Waals surface area contributed by atoms with Crippen molar-refractivity contribution in [3.05, 3.63) is 65.2 Å². The molecule has 2 aromatic rings. The quantitative estimate of drug-likeness (QED) is 0.829. The number of carbonyl (C=O) groups is 2. The Kier molecular flexibility index (Phi) is 5.53. The first-order valence-corrected chi connectivity index (χ1v) is 8.71. The molecule has 1 heterocycles. The summed E-state index contributed by atoms with van der Waals surface area (Å²) in [5, 5.41) is 0. The second kappa shape index (κ2) is 8.01. The van der Waals surface area contributed by atoms with Gasteiger partial charge in [0.2, 0.25) is 0 Å². The maximum Gasteiger partial charge on any atom is 0.254 e. The summed E-state index contributed by atoms with van der Waals surface area (Å²) in [5.74, 6) is -0.108. The normalized spacial score (nSPS) is 16.5. The zero-order chi connectivity index (χ0) is 18.5. The molecule has 1 saturated heterocycles. The molecule has 6 nitrogen and oxygen atoms in total. The Morgan fingerprint density at radius 1 is 1.15 bits per heavy atom. The van der Waals surface area contributed by atoms with Crippen molar-refractivity contribution in [1.29, 1.82) is 0 Å². The van der Waals surface area contributed by atoms with E-state index in [1.807, 2.05) is 23.1 Å². The lowest BCUT2D eigenvalue weighted by molar-refractivity contribution is 0.0741. The highest BCUT2D eigenvalue weighted by molar-refractivity contribution is 5.95. The van der Waals surface area contributed by atoms with Crippen LogP contribution >= 0.6 is 0 Å². The Morgan fingerprint density at radius 2 is 1.96 bits per heavy atom. The fourth-order valence-electron chi connectivity index (χ4n) is 3.27. The van der Waals surface area contributed by atoms with Crippen LogP contribution < -0.4 is 16.2 Å². The summed E-state index contributed by atoms with van der Waals surface area (Å²) in [7, 11) is 0. The number of nitrogens with zero attached hydrogens (tertiary/aromatic N) is 1. The van der Waals surface area contributed by atoms with E-state index in [4.69, 9.17) is 16.2 Å². The summed E-state index contributed by atoms with van der Waals surface area (Å²) in [6.07, 6.45) is 1.94. The highest BCUT2D eigenvalue weighted by atomic mass is 16.5. The van der Waals surface area contributed by atoms with Crippen LogP contribution in [-0.4, -0.2) is 35.8 Å². The smallest absolute Gasteiger partial charge is 0.254 e. The average molecular weight is 353 g/mol. The minimum atomic E-state index is -0.536. The molecule has 0 unspecified atom stereocenters. The van der Waals surface area contributed by atoms with Crippen LogP contribution in [0.2, 0.25) is 0 Å². The van der Waals surface area contributed by atoms with Gasteiger partial charge in [0.1, 0.15) is 12.4 Å². The SMILES string of the molecule is NC[C@@H]1CCCN1C(=O)c1cccc(COc2ccccc2C(N)=O)c1. The first kappa shape index (κ1) is 17.9. The molecule has 0 aromatic heterocycles. The van der Waals surface area contributed by atoms with Crippen LogP contribution in [-0.2, 0) is 6.61 Å². The number of hydrogen-bond donors (Lipinski definition) is 2. The third-order valence-electron chi connectivity index (χ3n) is 4.63. The molecule has 4 N–H and O–H groups in total. The van der Waals surface area contributed by atoms with Crippen LogP contribution in [0.5, 0.6) is 5.75 Å². The molecule has 3 rings (SSSR count). The van der Waals surface area contributed by atoms with Crippen LogP contribution in [0.25, 0.3) is 0 Å². The number of primary amides is 1. The number of rotatable bonds is 6. The van der Waals surface area contributed by atoms with Gasteiger partial charge >= 0.3 is 0 Å². The van der Waals surface area contributed by atoms with Crippen molar-refractivity contribution in [2.75, 3.05) is 13.1 Å². The zero-order valence-electron chi connectivity index (χ0n) is 14.6. The molecular weight excluding hydrogens is 330 g/mol. The molecule has 0 aliphatic carbocycles. The number of amides is 2. The number of likely N-dealkylation sites (tertiary alicyclic amines) is 1. The fraction of sp³-hybridized carbons (Fsp3) is 0.300. The van der Waals surface area contributed by atoms with E-state index >= 15 is 0 Å². The molecule has 1 aliphatic heterocycles. The van der Waals surface area contributed by atoms with Crippen molar-refractivity contribution in [2.45, 2.75) is 25.5 Å². The average Bonchev–Trinajstić information content (AvgIpc) is 3.15. The van der Waals surface area contributed by atoms with Gasteiger partial charge in [-0.1, -0.05) is 24.3 Å². The number of ether oxygens (including phenoxy) is 1. The van der Waals surface area contributed by atoms with E-state index in [9.17, 15) is 9.59 Å². The first-order valence-electron chi connectivity index (χ1n) is 8.71. The molecule has 2 amide bonds. The molecule has 1 atom stereocenters. The molecule has 0 spiro atoms. The lowest BCUT2D eigenvalue weighted by atomic mass is 10.1. The Morgan fingerprint density at radius 3 is 2.73 bits per heavy atom. The lowest BCUT2D eigenvalue weighted by Crippen LogP contribution is -2.39. The zero-order valence-corrected chi connectivity index (χ0v) is 14.6. The Labute approximate surface area is 152 Å². The van der Waals surface area contributed by atoms with Crippen LogP contribution in [0.3, 0.4) is 0 Å². The second-order valence-corrected chi connectivity index (χ2v) is 6.38. The molecule has 136 valence electrons. The number of benzene rings is 2. The van der Waals surface area contributed by atoms with Gasteiger partial charge in [-0.2, -0.15) is 0 Å². The molecule has 1 fully saturated rings. The molecule has 1 aliphatic rings. The van der Waals surface area contributed by atoms with Gasteiger partial charge in [-0.05, 0) is 42.7 Å². The van der Waals surface area contributed by atoms with Gasteiger partial charge in [0.15, 0.2) is 0 Å². The summed E-state index contributed by atoms with van der Waals surface area (Å²) in [6.45, 7) is 1.47. The Bertz CT molecular complexity index is 806. The van der Waals surface area contributed by atoms with E-state index in [0.29, 0.717) is 23.4 Å². The maximum atomic E-state index is 12.8. The highest BCUT2D eigenvalue weighted by Crippen LogP contribution is 2.21. The third-order valence-corrected chi connectivity index (χ3v) is 4.63. The lowest BCUT2D eigenvalue weighted by Gasteiger charge is -2.23. The largest absolute Gasteiger partial charge is 0.488 e. The molecule has 0 bridgehead atoms. The van der Waals surface area contributed by atoms with Crippen molar-refractivity contribution in [3.63, 3.8) is 0 Å². The van der Waals surface area contributed by atoms with Crippen LogP contribution in [0, 0.1) is 0 Å². The van der Waals surface area contributed by atoms with Gasteiger partial charge in [-0.3, -0.25) is 9.59 Å². The van der Waals surface area contributed by atoms with E-state index in [2.05, 4.69) is 0 Å². The summed E-state index contributed by atoms with van der Waals surface area (Å²) < 4.78 is 5.74. The van der Waals surface area contributed by atoms with Crippen LogP contribution in [0.4, 0.5) is 0 Å². The standard InChI is InChI=1S/C20H23N3O3/c21-12-16-7-4-10-23(16)20(25)15-6-3-5-14(11-15)13-26-18-9-2-1-8-17(18)19(22)24/h1-3,5-6,8-9,11,16H,4,7,10,12-13,21H2,(H2,22,24)/t16-/m0/s1. The number of nitrogens with two attached hydrogens (primary N) is 2. The third kappa shape index (κ3) is 3.86. The van der Waals surface area contributed by atoms with E-state index in [0.717, 1.165) is 24.9 Å². The van der Waals surface area contributed by atoms with Gasteiger partial charge in [-0.25, -0.2) is 0 Å². The van der Waals surface area contributed by atoms with Crippen molar-refractivity contribution in [3.8, 4) is 5.75 Å². The van der Waals surface area contributed by atoms with Crippen LogP contribution in [0.1, 0.15) is 39.1 Å². The van der Waals surface area contributed by atoms with Gasteiger partial charge in [-0.15, -0.1) is 0 Å². The number of para-hydroxylation sites is 1. The van der Waals surface area contributed by atoms with Crippen LogP contribution in [0.15, 0.2) is 48.5 Å². The predicted molar refractivity (Wildman–Crippen MR) is 98.8 cm³/mol. The summed E-state index contributed by atoms with van der Waals surface area (Å²) in [5.41, 5.74) is 12.9. The van der Waals surface area contributed by atoms with Crippen molar-refractivity contribution < 1.29 is 14.3 Å². The summed E-state index contributed by atoms with van der Waals surface area (Å²) >= 11 is 0. The van der Waals surface area contributed by atoms with E-state index in [1.54, 1.807) is 30.3 Å². The van der Waals surface area contributed by atoms with Crippen molar-refractivity contribution in [1.82, 2.24) is 4.90 Å². The second-order valence-electron chi connectivity index (χ2n) is 6.38. The molecule has 26 heavy (non-hydrogen) atoms. The van der Waals surface area contributed by atoms with Crippen molar-refractivity contribution >= 4 is 11.8 Å². The molecular formula is C20H23N3O3. The summed E-state index contributed by atoms with van der Waals surface area (Å²) in [4.78, 5) is 26.1. The highest BCUT2D eigenvalue weighted by Gasteiger charge is 2.28. The molecule has 0 saturated carbocycles. The molecule has 0 radical (unpaired) electrons. The minimum absolute atomic E-state index is 0.00247. The maximum absolute atomic E-state index is 12.8. The minimum Gasteiger partial charge on any atom is -0.488 e. The fourth-order valence-corrected chi connectivity index (χ4v) is 3.27. The number of hydrogen-bond acceptors (Lipinski definition) is 4. The van der Waals surface area contributed by atoms with Gasteiger partial charge in [0.25, 0.3) is 11.8 Å². The first-order chi connectivity index (χ1) is 12.6. The van der Waals surface area contributed by atoms with E-state index in [-0.39, 0.29) is 18.6 Å². The molecule has 2 aromatic carbocycles. The topological polar surface area (TPSA) is 98.7 Å². The summed E-state index contributed by atoms with van der Waals surface area (Å²) in [6, 6.07) is 14.3. The number of carbonyl (C=O) groups excluding carboxylic acids is 2. The van der Waals surface area contributed by atoms with Gasteiger partial charge in [0.05, 0.1) is 5.56 Å². The monoisotopic (exact) mass is 353 g/mol. The van der Waals surface area contributed by atoms with Gasteiger partial charge in [0, 0.05) is 24.7 Å². The Balaban J connectivity index is 1.72. The molecule has 6 heteroatoms. The van der Waals surface area contributed by atoms with E-state index < -0.39 is 5.91 Å².